The van der Waals surface area contributed by atoms with Gasteiger partial charge in [-0.3, -0.25) is 4.90 Å². The number of furan rings is 1. The molecular weight excluding hydrogens is 204 g/mol. The van der Waals surface area contributed by atoms with Crippen LogP contribution in [0.15, 0.2) is 35.2 Å². The zero-order valence-corrected chi connectivity index (χ0v) is 9.15. The Balaban J connectivity index is 1.61. The van der Waals surface area contributed by atoms with Crippen molar-refractivity contribution < 1.29 is 4.42 Å². The van der Waals surface area contributed by atoms with E-state index in [1.807, 2.05) is 23.0 Å². The van der Waals surface area contributed by atoms with Crippen LogP contribution in [-0.4, -0.2) is 33.0 Å². The fraction of sp³-hybridized carbons (Fsp3) is 0.455. The molecule has 0 bridgehead atoms. The maximum Gasteiger partial charge on any atom is 0.120 e. The SMILES string of the molecule is CC(c1ccco1)N1CC(n2ccnn2)C1. The van der Waals surface area contributed by atoms with Crippen LogP contribution in [0.5, 0.6) is 0 Å². The maximum atomic E-state index is 5.40. The van der Waals surface area contributed by atoms with Crippen LogP contribution >= 0.6 is 0 Å². The summed E-state index contributed by atoms with van der Waals surface area (Å²) < 4.78 is 7.32. The lowest BCUT2D eigenvalue weighted by Gasteiger charge is -2.42. The molecule has 0 radical (unpaired) electrons. The molecule has 5 heteroatoms. The van der Waals surface area contributed by atoms with Crippen molar-refractivity contribution in [3.8, 4) is 0 Å². The number of rotatable bonds is 3. The molecule has 1 aliphatic heterocycles. The van der Waals surface area contributed by atoms with Crippen molar-refractivity contribution in [2.75, 3.05) is 13.1 Å². The van der Waals surface area contributed by atoms with Crippen LogP contribution in [0, 0.1) is 0 Å². The van der Waals surface area contributed by atoms with Gasteiger partial charge in [0.25, 0.3) is 0 Å². The first-order valence-electron chi connectivity index (χ1n) is 5.48. The van der Waals surface area contributed by atoms with Crippen molar-refractivity contribution in [2.45, 2.75) is 19.0 Å². The molecule has 3 heterocycles. The van der Waals surface area contributed by atoms with Crippen LogP contribution in [0.4, 0.5) is 0 Å². The van der Waals surface area contributed by atoms with Crippen LogP contribution in [0.1, 0.15) is 24.8 Å². The fourth-order valence-corrected chi connectivity index (χ4v) is 2.09. The van der Waals surface area contributed by atoms with Crippen molar-refractivity contribution in [1.82, 2.24) is 19.9 Å². The number of hydrogen-bond donors (Lipinski definition) is 0. The molecule has 2 aromatic rings. The second-order valence-corrected chi connectivity index (χ2v) is 4.18. The van der Waals surface area contributed by atoms with Crippen LogP contribution in [0.3, 0.4) is 0 Å². The molecule has 1 saturated heterocycles. The molecular formula is C11H14N4O. The number of hydrogen-bond acceptors (Lipinski definition) is 4. The Morgan fingerprint density at radius 3 is 3.00 bits per heavy atom. The molecule has 0 aliphatic carbocycles. The van der Waals surface area contributed by atoms with E-state index >= 15 is 0 Å². The van der Waals surface area contributed by atoms with Crippen molar-refractivity contribution in [3.05, 3.63) is 36.5 Å². The lowest BCUT2D eigenvalue weighted by atomic mass is 10.1. The summed E-state index contributed by atoms with van der Waals surface area (Å²) in [6.45, 7) is 4.17. The monoisotopic (exact) mass is 218 g/mol. The van der Waals surface area contributed by atoms with E-state index in [9.17, 15) is 0 Å². The second kappa shape index (κ2) is 3.75. The average molecular weight is 218 g/mol. The third-order valence-corrected chi connectivity index (χ3v) is 3.21. The van der Waals surface area contributed by atoms with Crippen molar-refractivity contribution >= 4 is 0 Å². The fourth-order valence-electron chi connectivity index (χ4n) is 2.09. The average Bonchev–Trinajstić information content (AvgIpc) is 2.88. The molecule has 1 atom stereocenters. The van der Waals surface area contributed by atoms with Crippen LogP contribution in [0.25, 0.3) is 0 Å². The van der Waals surface area contributed by atoms with E-state index in [0.717, 1.165) is 18.8 Å². The first-order chi connectivity index (χ1) is 7.84. The van der Waals surface area contributed by atoms with E-state index < -0.39 is 0 Å². The molecule has 1 fully saturated rings. The van der Waals surface area contributed by atoms with E-state index in [0.29, 0.717) is 12.1 Å². The standard InChI is InChI=1S/C11H14N4O/c1-9(11-3-2-6-16-11)14-7-10(8-14)15-5-4-12-13-15/h2-6,9-10H,7-8H2,1H3. The summed E-state index contributed by atoms with van der Waals surface area (Å²) in [5.74, 6) is 1.03. The minimum Gasteiger partial charge on any atom is -0.468 e. The highest BCUT2D eigenvalue weighted by Gasteiger charge is 2.33. The molecule has 5 nitrogen and oxygen atoms in total. The third-order valence-electron chi connectivity index (χ3n) is 3.21. The zero-order valence-electron chi connectivity index (χ0n) is 9.15. The summed E-state index contributed by atoms with van der Waals surface area (Å²) in [5.41, 5.74) is 0. The van der Waals surface area contributed by atoms with Crippen molar-refractivity contribution in [1.29, 1.82) is 0 Å². The highest BCUT2D eigenvalue weighted by atomic mass is 16.3. The Morgan fingerprint density at radius 1 is 1.50 bits per heavy atom. The van der Waals surface area contributed by atoms with Gasteiger partial charge in [-0.05, 0) is 19.1 Å². The minimum atomic E-state index is 0.342. The molecule has 1 unspecified atom stereocenters. The van der Waals surface area contributed by atoms with Gasteiger partial charge < -0.3 is 4.42 Å². The number of likely N-dealkylation sites (tertiary alicyclic amines) is 1. The van der Waals surface area contributed by atoms with E-state index in [-0.39, 0.29) is 0 Å². The van der Waals surface area contributed by atoms with Gasteiger partial charge in [-0.1, -0.05) is 5.21 Å². The van der Waals surface area contributed by atoms with Gasteiger partial charge in [0.2, 0.25) is 0 Å². The van der Waals surface area contributed by atoms with E-state index in [4.69, 9.17) is 4.42 Å². The molecule has 84 valence electrons. The van der Waals surface area contributed by atoms with Crippen LogP contribution in [-0.2, 0) is 0 Å². The summed E-state index contributed by atoms with van der Waals surface area (Å²) in [6, 6.07) is 4.75. The summed E-state index contributed by atoms with van der Waals surface area (Å²) in [4.78, 5) is 2.37. The first-order valence-corrected chi connectivity index (χ1v) is 5.48. The summed E-state index contributed by atoms with van der Waals surface area (Å²) in [6.07, 6.45) is 5.36. The van der Waals surface area contributed by atoms with Gasteiger partial charge in [-0.25, -0.2) is 4.68 Å². The molecule has 0 amide bonds. The lowest BCUT2D eigenvalue weighted by Crippen LogP contribution is -2.48. The van der Waals surface area contributed by atoms with Gasteiger partial charge in [-0.2, -0.15) is 0 Å². The van der Waals surface area contributed by atoms with E-state index in [1.54, 1.807) is 12.5 Å². The smallest absolute Gasteiger partial charge is 0.120 e. The predicted octanol–water partition coefficient (Wildman–Crippen LogP) is 1.49. The Morgan fingerprint density at radius 2 is 2.38 bits per heavy atom. The summed E-state index contributed by atoms with van der Waals surface area (Å²) >= 11 is 0. The van der Waals surface area contributed by atoms with Gasteiger partial charge in [-0.15, -0.1) is 5.10 Å². The van der Waals surface area contributed by atoms with Gasteiger partial charge in [0, 0.05) is 19.3 Å². The van der Waals surface area contributed by atoms with Gasteiger partial charge in [0.15, 0.2) is 0 Å². The largest absolute Gasteiger partial charge is 0.468 e. The van der Waals surface area contributed by atoms with Gasteiger partial charge in [0.05, 0.1) is 24.5 Å². The van der Waals surface area contributed by atoms with Crippen molar-refractivity contribution in [2.24, 2.45) is 0 Å². The topological polar surface area (TPSA) is 47.1 Å². The molecule has 0 spiro atoms. The number of nitrogens with zero attached hydrogens (tertiary/aromatic N) is 4. The lowest BCUT2D eigenvalue weighted by molar-refractivity contribution is 0.0497. The summed E-state index contributed by atoms with van der Waals surface area (Å²) in [7, 11) is 0. The predicted molar refractivity (Wildman–Crippen MR) is 57.8 cm³/mol. The number of aromatic nitrogens is 3. The van der Waals surface area contributed by atoms with Gasteiger partial charge >= 0.3 is 0 Å². The van der Waals surface area contributed by atoms with E-state index in [2.05, 4.69) is 22.1 Å². The molecule has 0 N–H and O–H groups in total. The Kier molecular flexibility index (Phi) is 2.25. The maximum absolute atomic E-state index is 5.40. The zero-order chi connectivity index (χ0) is 11.0. The molecule has 2 aromatic heterocycles. The Bertz CT molecular complexity index is 431. The van der Waals surface area contributed by atoms with Gasteiger partial charge in [0.1, 0.15) is 5.76 Å². The van der Waals surface area contributed by atoms with Crippen LogP contribution < -0.4 is 0 Å². The van der Waals surface area contributed by atoms with E-state index in [1.165, 1.54) is 0 Å². The molecule has 0 aromatic carbocycles. The molecule has 1 aliphatic rings. The quantitative estimate of drug-likeness (QED) is 0.783. The Labute approximate surface area is 93.7 Å². The molecule has 16 heavy (non-hydrogen) atoms. The van der Waals surface area contributed by atoms with Crippen molar-refractivity contribution in [3.63, 3.8) is 0 Å². The first kappa shape index (κ1) is 9.59. The normalized spacial score (nSPS) is 19.6. The third kappa shape index (κ3) is 1.53. The molecule has 3 rings (SSSR count). The summed E-state index contributed by atoms with van der Waals surface area (Å²) in [5, 5.41) is 7.83. The highest BCUT2D eigenvalue weighted by molar-refractivity contribution is 5.05. The minimum absolute atomic E-state index is 0.342. The second-order valence-electron chi connectivity index (χ2n) is 4.18. The van der Waals surface area contributed by atoms with Crippen LogP contribution in [0.2, 0.25) is 0 Å². The molecule has 0 saturated carbocycles. The highest BCUT2D eigenvalue weighted by Crippen LogP contribution is 2.30. The Hall–Kier alpha value is -1.62.